The SMILES string of the molecule is CC(C)(C)OC(=O)N1CCN(C(C(=O)O)c2ccccc2Cl)CC1. The van der Waals surface area contributed by atoms with Crippen molar-refractivity contribution in [3.05, 3.63) is 34.9 Å². The summed E-state index contributed by atoms with van der Waals surface area (Å²) in [7, 11) is 0. The first-order valence-corrected chi connectivity index (χ1v) is 8.26. The minimum absolute atomic E-state index is 0.369. The van der Waals surface area contributed by atoms with E-state index in [9.17, 15) is 14.7 Å². The third-order valence-corrected chi connectivity index (χ3v) is 4.11. The molecule has 0 bridgehead atoms. The van der Waals surface area contributed by atoms with E-state index in [-0.39, 0.29) is 6.09 Å². The number of rotatable bonds is 3. The molecule has 24 heavy (non-hydrogen) atoms. The lowest BCUT2D eigenvalue weighted by Crippen LogP contribution is -2.52. The summed E-state index contributed by atoms with van der Waals surface area (Å²) in [5.74, 6) is -0.950. The molecule has 0 aromatic heterocycles. The molecule has 1 unspecified atom stereocenters. The second-order valence-electron chi connectivity index (χ2n) is 6.77. The largest absolute Gasteiger partial charge is 0.480 e. The molecule has 1 N–H and O–H groups in total. The summed E-state index contributed by atoms with van der Waals surface area (Å²) >= 11 is 6.16. The van der Waals surface area contributed by atoms with E-state index in [0.717, 1.165) is 0 Å². The van der Waals surface area contributed by atoms with Crippen LogP contribution in [0.25, 0.3) is 0 Å². The lowest BCUT2D eigenvalue weighted by Gasteiger charge is -2.38. The molecule has 1 aliphatic rings. The molecule has 1 aromatic carbocycles. The topological polar surface area (TPSA) is 70.1 Å². The Balaban J connectivity index is 2.05. The number of carboxylic acid groups (broad SMARTS) is 1. The van der Waals surface area contributed by atoms with Gasteiger partial charge in [-0.15, -0.1) is 0 Å². The van der Waals surface area contributed by atoms with Crippen molar-refractivity contribution >= 4 is 23.7 Å². The van der Waals surface area contributed by atoms with Crippen molar-refractivity contribution in [3.8, 4) is 0 Å². The van der Waals surface area contributed by atoms with Gasteiger partial charge in [-0.3, -0.25) is 9.69 Å². The van der Waals surface area contributed by atoms with Gasteiger partial charge < -0.3 is 14.7 Å². The molecule has 0 aliphatic carbocycles. The molecule has 0 saturated carbocycles. The first-order chi connectivity index (χ1) is 11.2. The predicted octanol–water partition coefficient (Wildman–Crippen LogP) is 3.02. The summed E-state index contributed by atoms with van der Waals surface area (Å²) in [6.07, 6.45) is -0.369. The van der Waals surface area contributed by atoms with Gasteiger partial charge in [0.25, 0.3) is 0 Å². The minimum atomic E-state index is -0.950. The number of carbonyl (C=O) groups excluding carboxylic acids is 1. The second-order valence-corrected chi connectivity index (χ2v) is 7.17. The number of aliphatic carboxylic acids is 1. The number of hydrogen-bond acceptors (Lipinski definition) is 4. The van der Waals surface area contributed by atoms with Crippen LogP contribution < -0.4 is 0 Å². The van der Waals surface area contributed by atoms with Gasteiger partial charge >= 0.3 is 12.1 Å². The summed E-state index contributed by atoms with van der Waals surface area (Å²) in [5, 5.41) is 10.1. The van der Waals surface area contributed by atoms with E-state index in [4.69, 9.17) is 16.3 Å². The molecule has 6 nitrogen and oxygen atoms in total. The van der Waals surface area contributed by atoms with Crippen LogP contribution in [0, 0.1) is 0 Å². The molecular formula is C17H23ClN2O4. The zero-order chi connectivity index (χ0) is 17.9. The number of carboxylic acids is 1. The highest BCUT2D eigenvalue weighted by Crippen LogP contribution is 2.28. The molecule has 1 atom stereocenters. The van der Waals surface area contributed by atoms with E-state index in [1.54, 1.807) is 29.2 Å². The predicted molar refractivity (Wildman–Crippen MR) is 91.2 cm³/mol. The van der Waals surface area contributed by atoms with Crippen LogP contribution in [0.5, 0.6) is 0 Å². The van der Waals surface area contributed by atoms with Crippen LogP contribution in [0.2, 0.25) is 5.02 Å². The fourth-order valence-electron chi connectivity index (χ4n) is 2.67. The molecule has 1 saturated heterocycles. The Bertz CT molecular complexity index is 607. The van der Waals surface area contributed by atoms with Crippen molar-refractivity contribution < 1.29 is 19.4 Å². The Morgan fingerprint density at radius 1 is 1.17 bits per heavy atom. The number of benzene rings is 1. The molecule has 7 heteroatoms. The van der Waals surface area contributed by atoms with E-state index in [1.165, 1.54) is 0 Å². The molecule has 0 radical (unpaired) electrons. The van der Waals surface area contributed by atoms with Gasteiger partial charge in [-0.05, 0) is 32.4 Å². The number of hydrogen-bond donors (Lipinski definition) is 1. The highest BCUT2D eigenvalue weighted by molar-refractivity contribution is 6.31. The van der Waals surface area contributed by atoms with Crippen LogP contribution in [0.3, 0.4) is 0 Å². The normalized spacial score (nSPS) is 17.4. The van der Waals surface area contributed by atoms with Crippen LogP contribution in [0.1, 0.15) is 32.4 Å². The molecule has 132 valence electrons. The van der Waals surface area contributed by atoms with Crippen molar-refractivity contribution in [2.24, 2.45) is 0 Å². The fourth-order valence-corrected chi connectivity index (χ4v) is 2.91. The van der Waals surface area contributed by atoms with Crippen LogP contribution in [0.4, 0.5) is 4.79 Å². The minimum Gasteiger partial charge on any atom is -0.480 e. The number of nitrogens with zero attached hydrogens (tertiary/aromatic N) is 2. The zero-order valence-corrected chi connectivity index (χ0v) is 14.9. The monoisotopic (exact) mass is 354 g/mol. The van der Waals surface area contributed by atoms with Gasteiger partial charge in [-0.25, -0.2) is 4.79 Å². The van der Waals surface area contributed by atoms with Crippen LogP contribution in [0.15, 0.2) is 24.3 Å². The van der Waals surface area contributed by atoms with E-state index in [0.29, 0.717) is 36.8 Å². The number of ether oxygens (including phenoxy) is 1. The zero-order valence-electron chi connectivity index (χ0n) is 14.2. The van der Waals surface area contributed by atoms with Crippen LogP contribution >= 0.6 is 11.6 Å². The lowest BCUT2D eigenvalue weighted by atomic mass is 10.0. The first-order valence-electron chi connectivity index (χ1n) is 7.88. The molecule has 1 fully saturated rings. The van der Waals surface area contributed by atoms with Crippen LogP contribution in [-0.2, 0) is 9.53 Å². The highest BCUT2D eigenvalue weighted by Gasteiger charge is 2.33. The van der Waals surface area contributed by atoms with Gasteiger partial charge in [0.05, 0.1) is 0 Å². The van der Waals surface area contributed by atoms with Gasteiger partial charge in [-0.1, -0.05) is 29.8 Å². The van der Waals surface area contributed by atoms with Crippen LogP contribution in [-0.4, -0.2) is 58.7 Å². The molecule has 2 rings (SSSR count). The number of amides is 1. The molecular weight excluding hydrogens is 332 g/mol. The maximum absolute atomic E-state index is 12.1. The van der Waals surface area contributed by atoms with E-state index in [1.807, 2.05) is 25.7 Å². The first kappa shape index (κ1) is 18.5. The Kier molecular flexibility index (Phi) is 5.72. The number of carbonyl (C=O) groups is 2. The van der Waals surface area contributed by atoms with E-state index in [2.05, 4.69) is 0 Å². The lowest BCUT2D eigenvalue weighted by molar-refractivity contribution is -0.144. The smallest absolute Gasteiger partial charge is 0.410 e. The summed E-state index contributed by atoms with van der Waals surface area (Å²) < 4.78 is 5.36. The summed E-state index contributed by atoms with van der Waals surface area (Å²) in [6, 6.07) is 6.13. The third-order valence-electron chi connectivity index (χ3n) is 3.76. The van der Waals surface area contributed by atoms with Crippen molar-refractivity contribution in [1.29, 1.82) is 0 Å². The van der Waals surface area contributed by atoms with Crippen molar-refractivity contribution in [1.82, 2.24) is 9.80 Å². The summed E-state index contributed by atoms with van der Waals surface area (Å²) in [6.45, 7) is 7.19. The van der Waals surface area contributed by atoms with E-state index >= 15 is 0 Å². The van der Waals surface area contributed by atoms with Crippen molar-refractivity contribution in [2.45, 2.75) is 32.4 Å². The Labute approximate surface area is 146 Å². The van der Waals surface area contributed by atoms with Gasteiger partial charge in [-0.2, -0.15) is 0 Å². The Morgan fingerprint density at radius 3 is 2.25 bits per heavy atom. The Morgan fingerprint density at radius 2 is 1.75 bits per heavy atom. The highest BCUT2D eigenvalue weighted by atomic mass is 35.5. The van der Waals surface area contributed by atoms with E-state index < -0.39 is 17.6 Å². The van der Waals surface area contributed by atoms with Gasteiger partial charge in [0.15, 0.2) is 0 Å². The maximum atomic E-state index is 12.1. The summed E-state index contributed by atoms with van der Waals surface area (Å²) in [4.78, 5) is 27.3. The quantitative estimate of drug-likeness (QED) is 0.903. The van der Waals surface area contributed by atoms with Gasteiger partial charge in [0, 0.05) is 31.2 Å². The standard InChI is InChI=1S/C17H23ClN2O4/c1-17(2,3)24-16(23)20-10-8-19(9-11-20)14(15(21)22)12-6-4-5-7-13(12)18/h4-7,14H,8-11H2,1-3H3,(H,21,22). The molecule has 1 aliphatic heterocycles. The Hall–Kier alpha value is -1.79. The van der Waals surface area contributed by atoms with Crippen molar-refractivity contribution in [3.63, 3.8) is 0 Å². The molecule has 1 amide bonds. The average molecular weight is 355 g/mol. The molecule has 1 aromatic rings. The average Bonchev–Trinajstić information content (AvgIpc) is 2.48. The number of halogens is 1. The molecule has 0 spiro atoms. The fraction of sp³-hybridized carbons (Fsp3) is 0.529. The van der Waals surface area contributed by atoms with Gasteiger partial charge in [0.1, 0.15) is 11.6 Å². The third kappa shape index (κ3) is 4.61. The number of piperazine rings is 1. The van der Waals surface area contributed by atoms with Crippen molar-refractivity contribution in [2.75, 3.05) is 26.2 Å². The molecule has 1 heterocycles. The van der Waals surface area contributed by atoms with Gasteiger partial charge in [0.2, 0.25) is 0 Å². The summed E-state index contributed by atoms with van der Waals surface area (Å²) in [5.41, 5.74) is 0.0208. The second kappa shape index (κ2) is 7.40. The maximum Gasteiger partial charge on any atom is 0.410 e.